The van der Waals surface area contributed by atoms with E-state index < -0.39 is 27.9 Å². The lowest BCUT2D eigenvalue weighted by atomic mass is 10.2. The number of carbonyl (C=O) groups is 2. The van der Waals surface area contributed by atoms with Crippen molar-refractivity contribution >= 4 is 21.8 Å². The molecule has 2 rings (SSSR count). The molecule has 1 aromatic rings. The second-order valence-electron chi connectivity index (χ2n) is 6.37. The maximum absolute atomic E-state index is 13.0. The fourth-order valence-corrected chi connectivity index (χ4v) is 4.99. The molecule has 1 heterocycles. The molecule has 0 spiro atoms. The summed E-state index contributed by atoms with van der Waals surface area (Å²) in [5.74, 6) is -1.68. The Labute approximate surface area is 153 Å². The topological polar surface area (TPSA) is 116 Å². The Balaban J connectivity index is 2.08. The molecule has 0 aliphatic carbocycles. The summed E-state index contributed by atoms with van der Waals surface area (Å²) in [5, 5.41) is 13.4. The highest BCUT2D eigenvalue weighted by molar-refractivity contribution is 7.89. The molecule has 0 radical (unpaired) electrons. The molecule has 1 aliphatic rings. The summed E-state index contributed by atoms with van der Waals surface area (Å²) in [6.45, 7) is 3.77. The van der Waals surface area contributed by atoms with Crippen molar-refractivity contribution in [3.05, 3.63) is 29.3 Å². The van der Waals surface area contributed by atoms with Crippen molar-refractivity contribution in [3.8, 4) is 0 Å². The van der Waals surface area contributed by atoms with Crippen LogP contribution >= 0.6 is 0 Å². The number of hydrogen-bond donors (Lipinski definition) is 3. The highest BCUT2D eigenvalue weighted by atomic mass is 32.2. The Morgan fingerprint density at radius 3 is 2.62 bits per heavy atom. The van der Waals surface area contributed by atoms with E-state index in [0.717, 1.165) is 5.56 Å². The molecule has 8 nitrogen and oxygen atoms in total. The number of aliphatic hydroxyl groups excluding tert-OH is 1. The van der Waals surface area contributed by atoms with Crippen molar-refractivity contribution in [2.75, 3.05) is 26.2 Å². The zero-order valence-electron chi connectivity index (χ0n) is 15.0. The van der Waals surface area contributed by atoms with Gasteiger partial charge in [0.15, 0.2) is 0 Å². The molecule has 0 aromatic heterocycles. The highest BCUT2D eigenvalue weighted by Gasteiger charge is 2.36. The number of hydrogen-bond acceptors (Lipinski definition) is 5. The summed E-state index contributed by atoms with van der Waals surface area (Å²) in [6, 6.07) is 4.90. The van der Waals surface area contributed by atoms with Crippen molar-refractivity contribution in [1.29, 1.82) is 0 Å². The summed E-state index contributed by atoms with van der Waals surface area (Å²) in [5.41, 5.74) is 1.53. The first-order chi connectivity index (χ1) is 12.3. The minimum absolute atomic E-state index is 0.0111. The van der Waals surface area contributed by atoms with Crippen LogP contribution in [0.1, 0.15) is 24.0 Å². The highest BCUT2D eigenvalue weighted by Crippen LogP contribution is 2.28. The Bertz CT molecular complexity index is 779. The van der Waals surface area contributed by atoms with E-state index in [1.165, 1.54) is 4.31 Å². The molecule has 1 aromatic carbocycles. The van der Waals surface area contributed by atoms with Gasteiger partial charge in [-0.3, -0.25) is 9.59 Å². The van der Waals surface area contributed by atoms with Crippen LogP contribution in [0.2, 0.25) is 0 Å². The maximum atomic E-state index is 13.0. The van der Waals surface area contributed by atoms with Crippen LogP contribution in [0.25, 0.3) is 0 Å². The fraction of sp³-hybridized carbons (Fsp3) is 0.529. The number of sulfonamides is 1. The van der Waals surface area contributed by atoms with Gasteiger partial charge in [0.25, 0.3) is 0 Å². The van der Waals surface area contributed by atoms with Gasteiger partial charge in [0.05, 0.1) is 11.5 Å². The Morgan fingerprint density at radius 2 is 1.92 bits per heavy atom. The van der Waals surface area contributed by atoms with Crippen molar-refractivity contribution in [2.24, 2.45) is 0 Å². The van der Waals surface area contributed by atoms with Crippen LogP contribution in [0.5, 0.6) is 0 Å². The number of nitrogens with one attached hydrogen (secondary N) is 2. The van der Waals surface area contributed by atoms with Crippen LogP contribution in [-0.2, 0) is 19.6 Å². The molecule has 1 aliphatic heterocycles. The molecule has 0 bridgehead atoms. The lowest BCUT2D eigenvalue weighted by Crippen LogP contribution is -2.47. The Kier molecular flexibility index (Phi) is 6.74. The van der Waals surface area contributed by atoms with Gasteiger partial charge in [0, 0.05) is 25.7 Å². The van der Waals surface area contributed by atoms with E-state index in [4.69, 9.17) is 5.11 Å². The number of benzene rings is 1. The molecule has 0 unspecified atom stereocenters. The second kappa shape index (κ2) is 8.61. The van der Waals surface area contributed by atoms with E-state index in [0.29, 0.717) is 24.9 Å². The van der Waals surface area contributed by atoms with E-state index in [-0.39, 0.29) is 24.6 Å². The Morgan fingerprint density at radius 1 is 1.23 bits per heavy atom. The first-order valence-electron chi connectivity index (χ1n) is 8.53. The maximum Gasteiger partial charge on any atom is 0.309 e. The normalized spacial score (nSPS) is 17.9. The third-order valence-corrected chi connectivity index (χ3v) is 6.45. The molecule has 1 fully saturated rings. The van der Waals surface area contributed by atoms with Crippen LogP contribution in [-0.4, -0.2) is 61.9 Å². The number of rotatable bonds is 6. The lowest BCUT2D eigenvalue weighted by molar-refractivity contribution is -0.139. The molecule has 26 heavy (non-hydrogen) atoms. The number of amides is 2. The standard InChI is InChI=1S/C17H25N3O5S/c1-12-5-6-13(2)15(10-12)26(24,25)20-8-3-4-14(20)11-19-17(23)16(22)18-7-9-21/h5-6,10,14,21H,3-4,7-9,11H2,1-2H3,(H,18,22)(H,19,23)/t14-/m0/s1. The number of nitrogens with zero attached hydrogens (tertiary/aromatic N) is 1. The molecule has 9 heteroatoms. The number of aliphatic hydroxyl groups is 1. The smallest absolute Gasteiger partial charge is 0.309 e. The van der Waals surface area contributed by atoms with Crippen molar-refractivity contribution < 1.29 is 23.1 Å². The van der Waals surface area contributed by atoms with Gasteiger partial charge < -0.3 is 15.7 Å². The zero-order valence-corrected chi connectivity index (χ0v) is 15.8. The molecular weight excluding hydrogens is 358 g/mol. The van der Waals surface area contributed by atoms with Gasteiger partial charge in [-0.05, 0) is 43.9 Å². The summed E-state index contributed by atoms with van der Waals surface area (Å²) in [4.78, 5) is 23.6. The molecule has 1 saturated heterocycles. The molecule has 2 amide bonds. The van der Waals surface area contributed by atoms with E-state index >= 15 is 0 Å². The van der Waals surface area contributed by atoms with Crippen LogP contribution < -0.4 is 10.6 Å². The minimum atomic E-state index is -3.67. The minimum Gasteiger partial charge on any atom is -0.395 e. The van der Waals surface area contributed by atoms with Gasteiger partial charge >= 0.3 is 11.8 Å². The van der Waals surface area contributed by atoms with Crippen LogP contribution in [0.15, 0.2) is 23.1 Å². The largest absolute Gasteiger partial charge is 0.395 e. The van der Waals surface area contributed by atoms with Gasteiger partial charge in [-0.25, -0.2) is 8.42 Å². The van der Waals surface area contributed by atoms with Crippen molar-refractivity contribution in [3.63, 3.8) is 0 Å². The first-order valence-corrected chi connectivity index (χ1v) is 9.97. The summed E-state index contributed by atoms with van der Waals surface area (Å²) in [7, 11) is -3.67. The predicted octanol–water partition coefficient (Wildman–Crippen LogP) is -0.319. The Hall–Kier alpha value is -1.97. The quantitative estimate of drug-likeness (QED) is 0.583. The van der Waals surface area contributed by atoms with Crippen LogP contribution in [0.4, 0.5) is 0 Å². The molecule has 1 atom stereocenters. The third-order valence-electron chi connectivity index (χ3n) is 4.36. The summed E-state index contributed by atoms with van der Waals surface area (Å²) in [6.07, 6.45) is 1.31. The first kappa shape index (κ1) is 20.3. The average Bonchev–Trinajstić information content (AvgIpc) is 3.08. The van der Waals surface area contributed by atoms with E-state index in [1.807, 2.05) is 13.0 Å². The van der Waals surface area contributed by atoms with Gasteiger partial charge in [-0.1, -0.05) is 12.1 Å². The SMILES string of the molecule is Cc1ccc(C)c(S(=O)(=O)N2CCC[C@H]2CNC(=O)C(=O)NCCO)c1. The van der Waals surface area contributed by atoms with Crippen molar-refractivity contribution in [1.82, 2.24) is 14.9 Å². The van der Waals surface area contributed by atoms with E-state index in [9.17, 15) is 18.0 Å². The van der Waals surface area contributed by atoms with Gasteiger partial charge in [0.2, 0.25) is 10.0 Å². The molecule has 3 N–H and O–H groups in total. The summed E-state index contributed by atoms with van der Waals surface area (Å²) >= 11 is 0. The fourth-order valence-electron chi connectivity index (χ4n) is 2.98. The van der Waals surface area contributed by atoms with Crippen molar-refractivity contribution in [2.45, 2.75) is 37.6 Å². The molecule has 0 saturated carbocycles. The third kappa shape index (κ3) is 4.60. The second-order valence-corrected chi connectivity index (χ2v) is 8.23. The number of carbonyl (C=O) groups excluding carboxylic acids is 2. The summed E-state index contributed by atoms with van der Waals surface area (Å²) < 4.78 is 27.5. The van der Waals surface area contributed by atoms with Crippen LogP contribution in [0.3, 0.4) is 0 Å². The molecule has 144 valence electrons. The number of aryl methyl sites for hydroxylation is 2. The van der Waals surface area contributed by atoms with Gasteiger partial charge in [-0.15, -0.1) is 0 Å². The van der Waals surface area contributed by atoms with Gasteiger partial charge in [-0.2, -0.15) is 4.31 Å². The average molecular weight is 383 g/mol. The monoisotopic (exact) mass is 383 g/mol. The molecular formula is C17H25N3O5S. The van der Waals surface area contributed by atoms with Gasteiger partial charge in [0.1, 0.15) is 0 Å². The lowest BCUT2D eigenvalue weighted by Gasteiger charge is -2.25. The van der Waals surface area contributed by atoms with Crippen LogP contribution in [0, 0.1) is 13.8 Å². The zero-order chi connectivity index (χ0) is 19.3. The van der Waals surface area contributed by atoms with E-state index in [1.54, 1.807) is 19.1 Å². The predicted molar refractivity (Wildman–Crippen MR) is 95.9 cm³/mol. The van der Waals surface area contributed by atoms with E-state index in [2.05, 4.69) is 10.6 Å².